The van der Waals surface area contributed by atoms with E-state index in [1.54, 1.807) is 0 Å². The summed E-state index contributed by atoms with van der Waals surface area (Å²) in [5.74, 6) is 0. The Labute approximate surface area is 104 Å². The molecule has 0 amide bonds. The Morgan fingerprint density at radius 2 is 0.800 bits per heavy atom. The zero-order valence-corrected chi connectivity index (χ0v) is 11.4. The van der Waals surface area contributed by atoms with Gasteiger partial charge in [0.15, 0.2) is 0 Å². The molecule has 0 aliphatic rings. The van der Waals surface area contributed by atoms with E-state index < -0.39 is 0 Å². The smallest absolute Gasteiger partial charge is 0 e. The molecule has 0 bridgehead atoms. The third-order valence-corrected chi connectivity index (χ3v) is 1.22. The molecule has 0 fully saturated rings. The molecule has 1 aromatic carbocycles. The molecule has 0 saturated carbocycles. The SMILES string of the molecule is Cc1ccc(C)cc1.[C-]#[O+].[C-]#[O+].[C-]#[O+].[W]. The maximum Gasteiger partial charge on any atom is 0 e. The van der Waals surface area contributed by atoms with Crippen molar-refractivity contribution in [1.29, 1.82) is 0 Å². The number of rotatable bonds is 0. The van der Waals surface area contributed by atoms with Crippen molar-refractivity contribution < 1.29 is 35.0 Å². The van der Waals surface area contributed by atoms with Crippen LogP contribution in [0, 0.1) is 33.8 Å². The Hall–Kier alpha value is -0.872. The van der Waals surface area contributed by atoms with Gasteiger partial charge < -0.3 is 0 Å². The average Bonchev–Trinajstić information content (AvgIpc) is 2.31. The van der Waals surface area contributed by atoms with Gasteiger partial charge in [0.1, 0.15) is 0 Å². The summed E-state index contributed by atoms with van der Waals surface area (Å²) in [7, 11) is 0. The first-order valence-corrected chi connectivity index (χ1v) is 3.43. The van der Waals surface area contributed by atoms with Crippen LogP contribution in [-0.4, -0.2) is 0 Å². The minimum atomic E-state index is 0. The van der Waals surface area contributed by atoms with E-state index in [1.807, 2.05) is 0 Å². The summed E-state index contributed by atoms with van der Waals surface area (Å²) < 4.78 is 22.5. The molecule has 0 aromatic heterocycles. The summed E-state index contributed by atoms with van der Waals surface area (Å²) in [6, 6.07) is 8.48. The second-order valence-corrected chi connectivity index (χ2v) is 2.15. The molecule has 0 saturated heterocycles. The van der Waals surface area contributed by atoms with Gasteiger partial charge >= 0.3 is 33.9 Å². The van der Waals surface area contributed by atoms with Crippen LogP contribution in [0.1, 0.15) is 11.1 Å². The molecular weight excluding hydrogens is 364 g/mol. The predicted octanol–water partition coefficient (Wildman–Crippen LogP) is 2.19. The van der Waals surface area contributed by atoms with Crippen molar-refractivity contribution in [3.63, 3.8) is 0 Å². The summed E-state index contributed by atoms with van der Waals surface area (Å²) in [4.78, 5) is 0. The largest absolute Gasteiger partial charge is 0 e. The average molecular weight is 374 g/mol. The van der Waals surface area contributed by atoms with Crippen LogP contribution in [0.25, 0.3) is 0 Å². The molecule has 0 atom stereocenters. The van der Waals surface area contributed by atoms with Crippen molar-refractivity contribution in [3.8, 4) is 0 Å². The van der Waals surface area contributed by atoms with Crippen LogP contribution in [0.4, 0.5) is 0 Å². The summed E-state index contributed by atoms with van der Waals surface area (Å²) in [6.45, 7) is 17.7. The third-order valence-electron chi connectivity index (χ3n) is 1.22. The third kappa shape index (κ3) is 19.5. The van der Waals surface area contributed by atoms with Gasteiger partial charge in [-0.25, -0.2) is 0 Å². The van der Waals surface area contributed by atoms with Crippen LogP contribution < -0.4 is 0 Å². The minimum Gasteiger partial charge on any atom is 0 e. The zero-order chi connectivity index (χ0) is 12.0. The zero-order valence-electron chi connectivity index (χ0n) is 8.44. The van der Waals surface area contributed by atoms with Gasteiger partial charge in [0.2, 0.25) is 0 Å². The van der Waals surface area contributed by atoms with E-state index in [4.69, 9.17) is 14.0 Å². The monoisotopic (exact) mass is 374 g/mol. The Kier molecular flexibility index (Phi) is 36.7. The van der Waals surface area contributed by atoms with Gasteiger partial charge in [0, 0.05) is 21.1 Å². The van der Waals surface area contributed by atoms with Crippen molar-refractivity contribution >= 4 is 0 Å². The molecule has 3 nitrogen and oxygen atoms in total. The van der Waals surface area contributed by atoms with Crippen LogP contribution in [-0.2, 0) is 35.0 Å². The summed E-state index contributed by atoms with van der Waals surface area (Å²) in [5, 5.41) is 0. The molecule has 78 valence electrons. The topological polar surface area (TPSA) is 59.7 Å². The fourth-order valence-corrected chi connectivity index (χ4v) is 0.637. The molecule has 15 heavy (non-hydrogen) atoms. The van der Waals surface area contributed by atoms with E-state index in [-0.39, 0.29) is 21.1 Å². The van der Waals surface area contributed by atoms with E-state index in [9.17, 15) is 0 Å². The first-order valence-electron chi connectivity index (χ1n) is 3.43. The van der Waals surface area contributed by atoms with Crippen LogP contribution in [0.15, 0.2) is 24.3 Å². The van der Waals surface area contributed by atoms with Gasteiger partial charge in [-0.3, -0.25) is 0 Å². The second-order valence-electron chi connectivity index (χ2n) is 2.15. The molecule has 0 unspecified atom stereocenters. The first-order chi connectivity index (χ1) is 6.79. The summed E-state index contributed by atoms with van der Waals surface area (Å²) in [6.07, 6.45) is 0. The maximum atomic E-state index is 7.50. The summed E-state index contributed by atoms with van der Waals surface area (Å²) >= 11 is 0. The Morgan fingerprint density at radius 3 is 0.933 bits per heavy atom. The molecule has 1 rings (SSSR count). The van der Waals surface area contributed by atoms with Crippen molar-refractivity contribution in [2.45, 2.75) is 13.8 Å². The molecule has 0 aliphatic carbocycles. The van der Waals surface area contributed by atoms with Crippen molar-refractivity contribution in [1.82, 2.24) is 0 Å². The van der Waals surface area contributed by atoms with Crippen molar-refractivity contribution in [2.75, 3.05) is 0 Å². The van der Waals surface area contributed by atoms with Gasteiger partial charge in [-0.15, -0.1) is 0 Å². The number of hydrogen-bond acceptors (Lipinski definition) is 0. The van der Waals surface area contributed by atoms with Crippen LogP contribution in [0.5, 0.6) is 0 Å². The standard InChI is InChI=1S/C8H10.3CO.W/c1-7-3-5-8(2)6-4-7;3*1-2;/h3-6H,1-2H3;;;;. The van der Waals surface area contributed by atoms with E-state index in [0.29, 0.717) is 0 Å². The van der Waals surface area contributed by atoms with Gasteiger partial charge in [-0.1, -0.05) is 35.4 Å². The molecule has 0 spiro atoms. The van der Waals surface area contributed by atoms with Gasteiger partial charge in [-0.05, 0) is 13.8 Å². The second kappa shape index (κ2) is 23.2. The van der Waals surface area contributed by atoms with Crippen LogP contribution in [0.2, 0.25) is 0 Å². The van der Waals surface area contributed by atoms with Crippen molar-refractivity contribution in [2.24, 2.45) is 0 Å². The van der Waals surface area contributed by atoms with E-state index in [2.05, 4.69) is 58.1 Å². The molecule has 4 heteroatoms. The van der Waals surface area contributed by atoms with Crippen molar-refractivity contribution in [3.05, 3.63) is 55.3 Å². The maximum absolute atomic E-state index is 7.50. The quantitative estimate of drug-likeness (QED) is 0.494. The summed E-state index contributed by atoms with van der Waals surface area (Å²) in [5.41, 5.74) is 2.66. The predicted molar refractivity (Wildman–Crippen MR) is 47.7 cm³/mol. The van der Waals surface area contributed by atoms with E-state index >= 15 is 0 Å². The number of aryl methyl sites for hydroxylation is 2. The molecule has 0 heterocycles. The Morgan fingerprint density at radius 1 is 0.667 bits per heavy atom. The van der Waals surface area contributed by atoms with Gasteiger partial charge in [0.05, 0.1) is 0 Å². The fraction of sp³-hybridized carbons (Fsp3) is 0.182. The first kappa shape index (κ1) is 23.7. The molecule has 0 aliphatic heterocycles. The number of benzene rings is 1. The molecule has 0 radical (unpaired) electrons. The molecule has 0 N–H and O–H groups in total. The van der Waals surface area contributed by atoms with Crippen LogP contribution >= 0.6 is 0 Å². The number of hydrogen-bond donors (Lipinski definition) is 0. The normalized spacial score (nSPS) is 5.33. The van der Waals surface area contributed by atoms with E-state index in [0.717, 1.165) is 0 Å². The molecule has 1 aromatic rings. The van der Waals surface area contributed by atoms with Crippen LogP contribution in [0.3, 0.4) is 0 Å². The minimum absolute atomic E-state index is 0. The fourth-order valence-electron chi connectivity index (χ4n) is 0.637. The van der Waals surface area contributed by atoms with Gasteiger partial charge in [0.25, 0.3) is 0 Å². The van der Waals surface area contributed by atoms with Gasteiger partial charge in [-0.2, -0.15) is 0 Å². The molecular formula is C11H10O3W. The Balaban J connectivity index is -0.0000000755. The Bertz CT molecular complexity index is 237. The van der Waals surface area contributed by atoms with E-state index in [1.165, 1.54) is 11.1 Å².